The first kappa shape index (κ1) is 22.1. The van der Waals surface area contributed by atoms with Crippen molar-refractivity contribution in [3.63, 3.8) is 0 Å². The molecule has 30 heavy (non-hydrogen) atoms. The summed E-state index contributed by atoms with van der Waals surface area (Å²) in [6.07, 6.45) is -3.12. The van der Waals surface area contributed by atoms with Crippen molar-refractivity contribution in [2.45, 2.75) is 52.1 Å². The second-order valence-corrected chi connectivity index (χ2v) is 8.58. The van der Waals surface area contributed by atoms with E-state index in [4.69, 9.17) is 9.52 Å². The van der Waals surface area contributed by atoms with Crippen LogP contribution in [0.1, 0.15) is 52.2 Å². The maximum atomic E-state index is 12.7. The van der Waals surface area contributed by atoms with Gasteiger partial charge in [0.2, 0.25) is 0 Å². The van der Waals surface area contributed by atoms with Crippen molar-refractivity contribution in [2.75, 3.05) is 0 Å². The van der Waals surface area contributed by atoms with E-state index in [1.807, 2.05) is 26.8 Å². The van der Waals surface area contributed by atoms with E-state index in [0.717, 1.165) is 33.3 Å². The molecule has 0 aliphatic carbocycles. The number of hydrogen-bond acceptors (Lipinski definition) is 4. The minimum absolute atomic E-state index is 0.0337. The van der Waals surface area contributed by atoms with Crippen molar-refractivity contribution in [2.24, 2.45) is 0 Å². The average Bonchev–Trinajstić information content (AvgIpc) is 3.22. The van der Waals surface area contributed by atoms with Gasteiger partial charge in [-0.2, -0.15) is 13.2 Å². The summed E-state index contributed by atoms with van der Waals surface area (Å²) in [6, 6.07) is 6.73. The maximum Gasteiger partial charge on any atom is 0.416 e. The first-order chi connectivity index (χ1) is 14.0. The molecule has 4 nitrogen and oxygen atoms in total. The topological polar surface area (TPSA) is 63.3 Å². The highest BCUT2D eigenvalue weighted by molar-refractivity contribution is 7.11. The lowest BCUT2D eigenvalue weighted by Gasteiger charge is -2.06. The Bertz CT molecular complexity index is 1030. The van der Waals surface area contributed by atoms with Gasteiger partial charge in [-0.15, -0.1) is 11.3 Å². The molecular weight excluding hydrogens is 415 g/mol. The molecule has 2 aromatic heterocycles. The molecule has 0 radical (unpaired) electrons. The van der Waals surface area contributed by atoms with E-state index >= 15 is 0 Å². The molecule has 0 saturated heterocycles. The van der Waals surface area contributed by atoms with Crippen molar-refractivity contribution in [3.8, 4) is 11.3 Å². The Kier molecular flexibility index (Phi) is 6.36. The molecule has 160 valence electrons. The molecule has 3 rings (SSSR count). The van der Waals surface area contributed by atoms with Crippen LogP contribution in [-0.2, 0) is 30.2 Å². The third kappa shape index (κ3) is 5.11. The molecule has 1 aromatic carbocycles. The van der Waals surface area contributed by atoms with Gasteiger partial charge in [0.25, 0.3) is 0 Å². The van der Waals surface area contributed by atoms with Crippen LogP contribution in [0.5, 0.6) is 0 Å². The highest BCUT2D eigenvalue weighted by atomic mass is 32.1. The van der Waals surface area contributed by atoms with Gasteiger partial charge >= 0.3 is 12.1 Å². The molecule has 0 unspecified atom stereocenters. The monoisotopic (exact) mass is 437 g/mol. The third-order valence-electron chi connectivity index (χ3n) is 4.76. The van der Waals surface area contributed by atoms with E-state index < -0.39 is 17.7 Å². The van der Waals surface area contributed by atoms with E-state index in [9.17, 15) is 18.0 Å². The Morgan fingerprint density at radius 1 is 1.20 bits per heavy atom. The van der Waals surface area contributed by atoms with Gasteiger partial charge in [0, 0.05) is 16.9 Å². The average molecular weight is 437 g/mol. The third-order valence-corrected chi connectivity index (χ3v) is 5.89. The van der Waals surface area contributed by atoms with Gasteiger partial charge in [0.1, 0.15) is 11.5 Å². The van der Waals surface area contributed by atoms with Crippen LogP contribution in [0, 0.1) is 6.92 Å². The maximum absolute atomic E-state index is 12.7. The van der Waals surface area contributed by atoms with Gasteiger partial charge in [0.05, 0.1) is 22.7 Å². The minimum Gasteiger partial charge on any atom is -0.481 e. The zero-order chi connectivity index (χ0) is 22.1. The normalized spacial score (nSPS) is 12.0. The molecular formula is C22H22F3NO3S. The summed E-state index contributed by atoms with van der Waals surface area (Å²) in [5.41, 5.74) is 1.66. The Labute approximate surface area is 176 Å². The quantitative estimate of drug-likeness (QED) is 0.473. The lowest BCUT2D eigenvalue weighted by Crippen LogP contribution is -2.03. The molecule has 0 amide bonds. The summed E-state index contributed by atoms with van der Waals surface area (Å²) >= 11 is 1.42. The predicted octanol–water partition coefficient (Wildman–Crippen LogP) is 6.27. The molecule has 3 aromatic rings. The van der Waals surface area contributed by atoms with Crippen LogP contribution >= 0.6 is 11.3 Å². The van der Waals surface area contributed by atoms with Gasteiger partial charge in [-0.3, -0.25) is 4.79 Å². The van der Waals surface area contributed by atoms with E-state index in [1.54, 1.807) is 0 Å². The van der Waals surface area contributed by atoms with Crippen LogP contribution in [0.4, 0.5) is 13.2 Å². The first-order valence-corrected chi connectivity index (χ1v) is 10.3. The summed E-state index contributed by atoms with van der Waals surface area (Å²) < 4.78 is 44.0. The largest absolute Gasteiger partial charge is 0.481 e. The van der Waals surface area contributed by atoms with Crippen molar-refractivity contribution < 1.29 is 27.5 Å². The van der Waals surface area contributed by atoms with Crippen molar-refractivity contribution in [1.29, 1.82) is 0 Å². The number of halogens is 3. The van der Waals surface area contributed by atoms with Gasteiger partial charge in [-0.05, 0) is 43.0 Å². The number of hydrogen-bond donors (Lipinski definition) is 1. The van der Waals surface area contributed by atoms with E-state index in [0.29, 0.717) is 29.9 Å². The molecule has 0 bridgehead atoms. The molecule has 0 spiro atoms. The Morgan fingerprint density at radius 3 is 2.43 bits per heavy atom. The molecule has 2 heterocycles. The van der Waals surface area contributed by atoms with Crippen molar-refractivity contribution in [1.82, 2.24) is 4.98 Å². The van der Waals surface area contributed by atoms with E-state index in [-0.39, 0.29) is 12.3 Å². The SMILES string of the molecule is Cc1oc(-c2ccc(C(F)(F)F)cc2)cc1CCc1nc(C(C)C)c(CC(=O)O)s1. The number of benzene rings is 1. The van der Waals surface area contributed by atoms with Crippen LogP contribution < -0.4 is 0 Å². The second kappa shape index (κ2) is 8.63. The number of aryl methyl sites for hydroxylation is 3. The molecule has 0 saturated carbocycles. The van der Waals surface area contributed by atoms with Crippen LogP contribution in [0.25, 0.3) is 11.3 Å². The van der Waals surface area contributed by atoms with E-state index in [1.165, 1.54) is 23.5 Å². The number of aromatic nitrogens is 1. The van der Waals surface area contributed by atoms with Gasteiger partial charge in [0.15, 0.2) is 0 Å². The Morgan fingerprint density at radius 2 is 1.87 bits per heavy atom. The van der Waals surface area contributed by atoms with Crippen LogP contribution in [-0.4, -0.2) is 16.1 Å². The zero-order valence-corrected chi connectivity index (χ0v) is 17.7. The summed E-state index contributed by atoms with van der Waals surface area (Å²) in [5, 5.41) is 9.97. The number of nitrogens with zero attached hydrogens (tertiary/aromatic N) is 1. The lowest BCUT2D eigenvalue weighted by molar-refractivity contribution is -0.138. The number of carbonyl (C=O) groups is 1. The van der Waals surface area contributed by atoms with Crippen LogP contribution in [0.15, 0.2) is 34.7 Å². The summed E-state index contributed by atoms with van der Waals surface area (Å²) in [4.78, 5) is 16.5. The number of carboxylic acid groups (broad SMARTS) is 1. The number of furan rings is 1. The molecule has 0 atom stereocenters. The van der Waals surface area contributed by atoms with Crippen LogP contribution in [0.3, 0.4) is 0 Å². The number of rotatable bonds is 7. The van der Waals surface area contributed by atoms with Gasteiger partial charge in [-0.25, -0.2) is 4.98 Å². The fourth-order valence-electron chi connectivity index (χ4n) is 3.21. The standard InChI is InChI=1S/C22H22F3NO3S/c1-12(2)21-18(11-20(27)28)30-19(26-21)9-6-15-10-17(29-13(15)3)14-4-7-16(8-5-14)22(23,24)25/h4-5,7-8,10,12H,6,9,11H2,1-3H3,(H,27,28). The summed E-state index contributed by atoms with van der Waals surface area (Å²) in [7, 11) is 0. The smallest absolute Gasteiger partial charge is 0.416 e. The highest BCUT2D eigenvalue weighted by Gasteiger charge is 2.30. The second-order valence-electron chi connectivity index (χ2n) is 7.41. The molecule has 8 heteroatoms. The predicted molar refractivity (Wildman–Crippen MR) is 109 cm³/mol. The number of thiazole rings is 1. The van der Waals surface area contributed by atoms with Crippen molar-refractivity contribution >= 4 is 17.3 Å². The zero-order valence-electron chi connectivity index (χ0n) is 16.8. The van der Waals surface area contributed by atoms with Gasteiger partial charge in [-0.1, -0.05) is 26.0 Å². The number of carboxylic acids is 1. The Hall–Kier alpha value is -2.61. The lowest BCUT2D eigenvalue weighted by atomic mass is 10.1. The van der Waals surface area contributed by atoms with Crippen LogP contribution in [0.2, 0.25) is 0 Å². The molecule has 0 aliphatic rings. The van der Waals surface area contributed by atoms with E-state index in [2.05, 4.69) is 4.98 Å². The molecule has 1 N–H and O–H groups in total. The molecule has 0 aliphatic heterocycles. The first-order valence-electron chi connectivity index (χ1n) is 9.51. The number of alkyl halides is 3. The summed E-state index contributed by atoms with van der Waals surface area (Å²) in [6.45, 7) is 5.79. The van der Waals surface area contributed by atoms with Crippen molar-refractivity contribution in [3.05, 3.63) is 62.8 Å². The minimum atomic E-state index is -4.37. The fraction of sp³-hybridized carbons (Fsp3) is 0.364. The highest BCUT2D eigenvalue weighted by Crippen LogP contribution is 2.33. The van der Waals surface area contributed by atoms with Gasteiger partial charge < -0.3 is 9.52 Å². The number of aliphatic carboxylic acids is 1. The fourth-order valence-corrected chi connectivity index (χ4v) is 4.43. The summed E-state index contributed by atoms with van der Waals surface area (Å²) in [5.74, 6) is 0.492. The molecule has 0 fully saturated rings. The Balaban J connectivity index is 1.75.